The zero-order valence-corrected chi connectivity index (χ0v) is 23.9. The number of halogens is 3. The van der Waals surface area contributed by atoms with Crippen LogP contribution in [0.4, 0.5) is 35.2 Å². The van der Waals surface area contributed by atoms with Gasteiger partial charge in [-0.1, -0.05) is 36.4 Å². The fraction of sp³-hybridized carbons (Fsp3) is 0.167. The van der Waals surface area contributed by atoms with Gasteiger partial charge >= 0.3 is 24.1 Å². The van der Waals surface area contributed by atoms with E-state index in [9.17, 15) is 22.8 Å². The first-order valence-corrected chi connectivity index (χ1v) is 13.4. The second-order valence-electron chi connectivity index (χ2n) is 9.74. The summed E-state index contributed by atoms with van der Waals surface area (Å²) in [6, 6.07) is 14.5. The molecule has 3 N–H and O–H groups in total. The molecular formula is C30H26F3N8O4+. The first-order valence-electron chi connectivity index (χ1n) is 13.4. The van der Waals surface area contributed by atoms with Gasteiger partial charge in [-0.15, -0.1) is 0 Å². The van der Waals surface area contributed by atoms with Crippen molar-refractivity contribution in [3.05, 3.63) is 102 Å². The standard InChI is InChI=1S/C30H25F3N8O4/c1-18-25(15-35-29(36-18)44-2)20-8-9-22(34-14-20)16-41-17-27(45-40-41)39-28(43)38-24-12-21(30(31,32)33)11-23(13-24)37-26(42)10-19-6-4-3-5-7-19/h3-9,11-15,17H,10,16H2,1-2H3,(H2-,37,38,39,40,42,43)/p+1. The highest BCUT2D eigenvalue weighted by molar-refractivity contribution is 6.00. The van der Waals surface area contributed by atoms with E-state index in [0.29, 0.717) is 11.3 Å². The maximum Gasteiger partial charge on any atom is 0.416 e. The van der Waals surface area contributed by atoms with Crippen molar-refractivity contribution in [3.8, 4) is 17.1 Å². The number of pyridine rings is 1. The fourth-order valence-electron chi connectivity index (χ4n) is 4.28. The Morgan fingerprint density at radius 1 is 0.956 bits per heavy atom. The van der Waals surface area contributed by atoms with Gasteiger partial charge in [-0.25, -0.2) is 9.78 Å². The number of rotatable bonds is 9. The molecule has 0 fully saturated rings. The maximum absolute atomic E-state index is 13.6. The van der Waals surface area contributed by atoms with E-state index >= 15 is 0 Å². The Labute approximate surface area is 254 Å². The molecule has 0 aliphatic heterocycles. The van der Waals surface area contributed by atoms with Crippen molar-refractivity contribution >= 4 is 29.2 Å². The Bertz CT molecular complexity index is 1810. The number of anilines is 3. The van der Waals surface area contributed by atoms with E-state index in [1.165, 1.54) is 24.1 Å². The van der Waals surface area contributed by atoms with E-state index in [4.69, 9.17) is 9.26 Å². The molecule has 0 spiro atoms. The monoisotopic (exact) mass is 619 g/mol. The third-order valence-electron chi connectivity index (χ3n) is 6.36. The van der Waals surface area contributed by atoms with Gasteiger partial charge in [0.2, 0.25) is 17.7 Å². The van der Waals surface area contributed by atoms with Gasteiger partial charge in [0.05, 0.1) is 24.8 Å². The molecule has 15 heteroatoms. The van der Waals surface area contributed by atoms with Crippen molar-refractivity contribution in [1.82, 2.24) is 20.2 Å². The highest BCUT2D eigenvalue weighted by Crippen LogP contribution is 2.33. The van der Waals surface area contributed by atoms with Crippen LogP contribution in [0.25, 0.3) is 11.1 Å². The number of carbonyl (C=O) groups excluding carboxylic acids is 2. The molecule has 2 aromatic carbocycles. The summed E-state index contributed by atoms with van der Waals surface area (Å²) in [6.07, 6.45) is -0.0680. The van der Waals surface area contributed by atoms with Gasteiger partial charge in [0, 0.05) is 34.9 Å². The molecule has 0 aliphatic carbocycles. The number of methoxy groups -OCH3 is 1. The first-order chi connectivity index (χ1) is 21.6. The van der Waals surface area contributed by atoms with Crippen LogP contribution in [0.5, 0.6) is 6.01 Å². The molecular weight excluding hydrogens is 593 g/mol. The summed E-state index contributed by atoms with van der Waals surface area (Å²) in [5.41, 5.74) is 2.26. The number of carbonyl (C=O) groups is 2. The number of aryl methyl sites for hydroxylation is 1. The topological polar surface area (TPSA) is 148 Å². The quantitative estimate of drug-likeness (QED) is 0.195. The van der Waals surface area contributed by atoms with E-state index in [2.05, 4.69) is 36.2 Å². The lowest BCUT2D eigenvalue weighted by Crippen LogP contribution is -2.35. The average molecular weight is 620 g/mol. The van der Waals surface area contributed by atoms with E-state index in [-0.39, 0.29) is 36.2 Å². The molecule has 3 heterocycles. The van der Waals surface area contributed by atoms with Crippen molar-refractivity contribution < 1.29 is 36.7 Å². The molecule has 0 unspecified atom stereocenters. The Kier molecular flexibility index (Phi) is 8.97. The van der Waals surface area contributed by atoms with Gasteiger partial charge < -0.3 is 15.4 Å². The van der Waals surface area contributed by atoms with E-state index in [1.54, 1.807) is 48.8 Å². The van der Waals surface area contributed by atoms with Crippen molar-refractivity contribution in [2.75, 3.05) is 23.1 Å². The summed E-state index contributed by atoms with van der Waals surface area (Å²) < 4.78 is 52.3. The summed E-state index contributed by atoms with van der Waals surface area (Å²) in [4.78, 5) is 37.9. The SMILES string of the molecule is COc1ncc(-c2ccc(C[n+]3cc(NC(=O)Nc4cc(NC(=O)Cc5ccccc5)cc(C(F)(F)F)c4)on3)nc2)c(C)n1. The molecule has 0 radical (unpaired) electrons. The lowest BCUT2D eigenvalue weighted by Gasteiger charge is -2.14. The van der Waals surface area contributed by atoms with Crippen LogP contribution in [-0.2, 0) is 23.9 Å². The molecule has 5 aromatic rings. The zero-order valence-electron chi connectivity index (χ0n) is 23.9. The number of hydrogen-bond donors (Lipinski definition) is 3. The van der Waals surface area contributed by atoms with Gasteiger partial charge in [0.1, 0.15) is 5.69 Å². The van der Waals surface area contributed by atoms with Crippen LogP contribution in [0.15, 0.2) is 83.8 Å². The van der Waals surface area contributed by atoms with Gasteiger partial charge in [0.25, 0.3) is 6.20 Å². The predicted molar refractivity (Wildman–Crippen MR) is 155 cm³/mol. The second-order valence-corrected chi connectivity index (χ2v) is 9.74. The molecule has 0 saturated carbocycles. The van der Waals surface area contributed by atoms with Crippen molar-refractivity contribution in [3.63, 3.8) is 0 Å². The Balaban J connectivity index is 1.21. The van der Waals surface area contributed by atoms with Gasteiger partial charge in [-0.3, -0.25) is 19.6 Å². The number of aromatic nitrogens is 5. The number of urea groups is 1. The summed E-state index contributed by atoms with van der Waals surface area (Å²) in [5, 5.41) is 11.0. The van der Waals surface area contributed by atoms with Gasteiger partial charge in [0.15, 0.2) is 0 Å². The van der Waals surface area contributed by atoms with Crippen molar-refractivity contribution in [1.29, 1.82) is 0 Å². The fourth-order valence-corrected chi connectivity index (χ4v) is 4.28. The molecule has 5 rings (SSSR count). The van der Waals surface area contributed by atoms with Crippen LogP contribution < -0.4 is 25.4 Å². The smallest absolute Gasteiger partial charge is 0.416 e. The van der Waals surface area contributed by atoms with Crippen LogP contribution in [0.3, 0.4) is 0 Å². The lowest BCUT2D eigenvalue weighted by atomic mass is 10.1. The zero-order chi connectivity index (χ0) is 32.0. The summed E-state index contributed by atoms with van der Waals surface area (Å²) in [6.45, 7) is 2.03. The molecule has 3 amide bonds. The Hall–Kier alpha value is -5.86. The van der Waals surface area contributed by atoms with Crippen LogP contribution in [-0.4, -0.2) is 39.3 Å². The Morgan fingerprint density at radius 2 is 1.71 bits per heavy atom. The normalized spacial score (nSPS) is 11.1. The van der Waals surface area contributed by atoms with Crippen LogP contribution in [0.1, 0.15) is 22.5 Å². The number of nitrogens with one attached hydrogen (secondary N) is 3. The number of benzene rings is 2. The predicted octanol–water partition coefficient (Wildman–Crippen LogP) is 5.02. The van der Waals surface area contributed by atoms with Crippen LogP contribution in [0.2, 0.25) is 0 Å². The third kappa shape index (κ3) is 8.16. The highest BCUT2D eigenvalue weighted by Gasteiger charge is 2.31. The lowest BCUT2D eigenvalue weighted by molar-refractivity contribution is -0.755. The minimum Gasteiger partial charge on any atom is -0.467 e. The third-order valence-corrected chi connectivity index (χ3v) is 6.36. The molecule has 45 heavy (non-hydrogen) atoms. The van der Waals surface area contributed by atoms with E-state index < -0.39 is 23.7 Å². The number of hydrogen-bond acceptors (Lipinski definition) is 8. The number of nitrogens with zero attached hydrogens (tertiary/aromatic N) is 5. The van der Waals surface area contributed by atoms with Gasteiger partial charge in [-0.2, -0.15) is 18.2 Å². The second kappa shape index (κ2) is 13.2. The minimum atomic E-state index is -4.73. The minimum absolute atomic E-state index is 0.0389. The summed E-state index contributed by atoms with van der Waals surface area (Å²) >= 11 is 0. The highest BCUT2D eigenvalue weighted by atomic mass is 19.4. The Morgan fingerprint density at radius 3 is 2.38 bits per heavy atom. The maximum atomic E-state index is 13.6. The largest absolute Gasteiger partial charge is 0.467 e. The van der Waals surface area contributed by atoms with Crippen molar-refractivity contribution in [2.24, 2.45) is 0 Å². The van der Waals surface area contributed by atoms with Crippen molar-refractivity contribution in [2.45, 2.75) is 26.1 Å². The summed E-state index contributed by atoms with van der Waals surface area (Å²) in [5.74, 6) is -0.588. The average Bonchev–Trinajstić information content (AvgIpc) is 3.43. The molecule has 12 nitrogen and oxygen atoms in total. The molecule has 0 bridgehead atoms. The molecule has 0 atom stereocenters. The summed E-state index contributed by atoms with van der Waals surface area (Å²) in [7, 11) is 1.49. The van der Waals surface area contributed by atoms with E-state index in [1.807, 2.05) is 13.0 Å². The molecule has 3 aromatic heterocycles. The van der Waals surface area contributed by atoms with Crippen LogP contribution >= 0.6 is 0 Å². The number of alkyl halides is 3. The van der Waals surface area contributed by atoms with Crippen LogP contribution in [0, 0.1) is 6.92 Å². The molecule has 230 valence electrons. The first kappa shape index (κ1) is 30.6. The molecule has 0 aliphatic rings. The number of amides is 3. The van der Waals surface area contributed by atoms with E-state index in [0.717, 1.165) is 29.0 Å². The van der Waals surface area contributed by atoms with Gasteiger partial charge in [-0.05, 0) is 41.4 Å². The molecule has 0 saturated heterocycles. The number of ether oxygens (including phenoxy) is 1.